The minimum absolute atomic E-state index is 0.0324. The highest BCUT2D eigenvalue weighted by molar-refractivity contribution is 7.99. The molecule has 2 aliphatic rings. The van der Waals surface area contributed by atoms with Gasteiger partial charge in [-0.15, -0.1) is 16.5 Å². The third-order valence-electron chi connectivity index (χ3n) is 8.28. The Hall–Kier alpha value is -3.68. The number of nitrogens with one attached hydrogen (secondary N) is 1. The molecule has 1 fully saturated rings. The summed E-state index contributed by atoms with van der Waals surface area (Å²) >= 11 is -0.571. The Labute approximate surface area is 299 Å². The quantitative estimate of drug-likeness (QED) is 0.120. The third kappa shape index (κ3) is 9.55. The average molecular weight is 724 g/mol. The number of halogens is 1. The van der Waals surface area contributed by atoms with Crippen LogP contribution in [0.5, 0.6) is 0 Å². The van der Waals surface area contributed by atoms with Gasteiger partial charge in [-0.3, -0.25) is 0 Å². The molecule has 0 spiro atoms. The zero-order valence-corrected chi connectivity index (χ0v) is 29.9. The van der Waals surface area contributed by atoms with Gasteiger partial charge in [-0.1, -0.05) is 73.7 Å². The lowest BCUT2D eigenvalue weighted by atomic mass is 9.87. The lowest BCUT2D eigenvalue weighted by Crippen LogP contribution is -2.67. The van der Waals surface area contributed by atoms with Gasteiger partial charge < -0.3 is 23.5 Å². The fourth-order valence-corrected chi connectivity index (χ4v) is 7.64. The third-order valence-corrected chi connectivity index (χ3v) is 11.1. The van der Waals surface area contributed by atoms with Crippen molar-refractivity contribution in [3.05, 3.63) is 120 Å². The Morgan fingerprint density at radius 1 is 0.800 bits per heavy atom. The molecule has 5 rings (SSSR count). The van der Waals surface area contributed by atoms with Gasteiger partial charge in [0.05, 0.1) is 22.7 Å². The number of allylic oxidation sites excluding steroid dienone is 1. The first kappa shape index (κ1) is 37.6. The van der Waals surface area contributed by atoms with Gasteiger partial charge in [0.1, 0.15) is 22.5 Å². The summed E-state index contributed by atoms with van der Waals surface area (Å²) in [6.07, 6.45) is -2.90. The van der Waals surface area contributed by atoms with Crippen LogP contribution in [0, 0.1) is 5.92 Å². The summed E-state index contributed by atoms with van der Waals surface area (Å²) in [6, 6.07) is 24.0. The molecule has 9 nitrogen and oxygen atoms in total. The molecule has 2 aliphatic heterocycles. The lowest BCUT2D eigenvalue weighted by Gasteiger charge is -2.47. The van der Waals surface area contributed by atoms with Crippen molar-refractivity contribution < 1.29 is 42.3 Å². The highest BCUT2D eigenvalue weighted by Gasteiger charge is 2.56. The van der Waals surface area contributed by atoms with Gasteiger partial charge in [0.15, 0.2) is 18.3 Å². The van der Waals surface area contributed by atoms with Gasteiger partial charge in [0, 0.05) is 17.1 Å². The molecule has 266 valence electrons. The van der Waals surface area contributed by atoms with E-state index in [9.17, 15) is 18.9 Å². The largest absolute Gasteiger partial charge is 0.598 e. The van der Waals surface area contributed by atoms with Crippen molar-refractivity contribution in [2.75, 3.05) is 5.75 Å². The molecule has 3 aromatic rings. The van der Waals surface area contributed by atoms with Gasteiger partial charge in [0.2, 0.25) is 0 Å². The summed E-state index contributed by atoms with van der Waals surface area (Å²) in [6.45, 7) is 7.29. The van der Waals surface area contributed by atoms with Crippen LogP contribution in [0.3, 0.4) is 0 Å². The number of esters is 3. The minimum atomic E-state index is -1.64. The Balaban J connectivity index is 1.65. The van der Waals surface area contributed by atoms with E-state index in [-0.39, 0.29) is 28.9 Å². The summed E-state index contributed by atoms with van der Waals surface area (Å²) < 4.78 is 56.6. The lowest BCUT2D eigenvalue weighted by molar-refractivity contribution is -0.207. The molecule has 0 amide bonds. The molecular formula is C38H42FNO8S2. The number of fused-ring (bicyclic) bond motifs is 2. The number of carbonyl (C=O) groups is 3. The second kappa shape index (κ2) is 17.0. The van der Waals surface area contributed by atoms with Crippen molar-refractivity contribution in [2.24, 2.45) is 5.92 Å². The molecule has 1 saturated heterocycles. The molecule has 1 N–H and O–H groups in total. The van der Waals surface area contributed by atoms with E-state index in [0.29, 0.717) is 0 Å². The fraction of sp³-hybridized carbons (Fsp3) is 0.395. The van der Waals surface area contributed by atoms with Crippen LogP contribution >= 0.6 is 11.8 Å². The van der Waals surface area contributed by atoms with E-state index < -0.39 is 82.0 Å². The molecule has 0 aliphatic carbocycles. The van der Waals surface area contributed by atoms with Crippen molar-refractivity contribution in [2.45, 2.75) is 80.9 Å². The van der Waals surface area contributed by atoms with Crippen LogP contribution in [-0.4, -0.2) is 75.0 Å². The van der Waals surface area contributed by atoms with Crippen molar-refractivity contribution in [1.29, 1.82) is 0 Å². The zero-order valence-electron chi connectivity index (χ0n) is 28.3. The standard InChI is InChI=1S/C38H42FNO8S2/c1-24-15-14-22-28(39)23-49-37-33(47-36(43)27-20-12-7-13-21-27)32(46-35(42)26-18-10-6-11-19-26)31(45-34(41)25-16-8-5-9-17-25)30(48-37)29(24)40-50(44)38(2,3)4/h5-21,24,28-33,37,40H,22-23H2,1-4H3/b15-14-/t24-,28-,29-,30-,31+,32+,33-,37-,50-/m1/s1. The maximum absolute atomic E-state index is 15.3. The summed E-state index contributed by atoms with van der Waals surface area (Å²) in [7, 11) is 0. The van der Waals surface area contributed by atoms with Gasteiger partial charge in [-0.2, -0.15) is 0 Å². The Morgan fingerprint density at radius 3 is 1.74 bits per heavy atom. The molecule has 0 unspecified atom stereocenters. The highest BCUT2D eigenvalue weighted by Crippen LogP contribution is 2.39. The monoisotopic (exact) mass is 723 g/mol. The summed E-state index contributed by atoms with van der Waals surface area (Å²) in [5, 5.41) is 0. The molecule has 2 heterocycles. The number of alkyl halides is 1. The first-order valence-corrected chi connectivity index (χ1v) is 18.7. The summed E-state index contributed by atoms with van der Waals surface area (Å²) in [5.74, 6) is -2.71. The average Bonchev–Trinajstić information content (AvgIpc) is 3.13. The topological polar surface area (TPSA) is 123 Å². The van der Waals surface area contributed by atoms with Crippen LogP contribution in [0.2, 0.25) is 0 Å². The van der Waals surface area contributed by atoms with E-state index in [0.717, 1.165) is 11.8 Å². The Kier molecular flexibility index (Phi) is 12.8. The number of carbonyl (C=O) groups excluding carboxylic acids is 3. The number of hydrogen-bond acceptors (Lipinski definition) is 10. The van der Waals surface area contributed by atoms with E-state index in [1.165, 1.54) is 0 Å². The molecule has 2 bridgehead atoms. The fourth-order valence-electron chi connectivity index (χ4n) is 5.55. The maximum atomic E-state index is 15.3. The predicted octanol–water partition coefficient (Wildman–Crippen LogP) is 6.48. The first-order valence-electron chi connectivity index (χ1n) is 16.5. The molecule has 3 aromatic carbocycles. The van der Waals surface area contributed by atoms with Crippen LogP contribution in [0.15, 0.2) is 103 Å². The predicted molar refractivity (Wildman–Crippen MR) is 191 cm³/mol. The molecule has 9 atom stereocenters. The molecular weight excluding hydrogens is 682 g/mol. The zero-order chi connectivity index (χ0) is 35.8. The first-order chi connectivity index (χ1) is 23.9. The van der Waals surface area contributed by atoms with Crippen LogP contribution < -0.4 is 4.72 Å². The number of ether oxygens (including phenoxy) is 4. The van der Waals surface area contributed by atoms with E-state index in [1.54, 1.807) is 103 Å². The minimum Gasteiger partial charge on any atom is -0.598 e. The smallest absolute Gasteiger partial charge is 0.338 e. The van der Waals surface area contributed by atoms with Crippen molar-refractivity contribution in [1.82, 2.24) is 4.72 Å². The van der Waals surface area contributed by atoms with Gasteiger partial charge in [-0.05, 0) is 69.5 Å². The molecule has 12 heteroatoms. The van der Waals surface area contributed by atoms with Crippen LogP contribution in [0.1, 0.15) is 65.2 Å². The van der Waals surface area contributed by atoms with Crippen LogP contribution in [0.4, 0.5) is 4.39 Å². The van der Waals surface area contributed by atoms with E-state index in [2.05, 4.69) is 4.72 Å². The van der Waals surface area contributed by atoms with Crippen LogP contribution in [0.25, 0.3) is 0 Å². The van der Waals surface area contributed by atoms with E-state index in [1.807, 2.05) is 27.7 Å². The number of rotatable bonds is 8. The Bertz CT molecular complexity index is 1610. The van der Waals surface area contributed by atoms with E-state index in [4.69, 9.17) is 18.9 Å². The normalized spacial score (nSPS) is 28.3. The molecule has 0 saturated carbocycles. The molecule has 0 aromatic heterocycles. The number of thioether (sulfide) groups is 1. The van der Waals surface area contributed by atoms with Crippen molar-refractivity contribution in [3.63, 3.8) is 0 Å². The summed E-state index contributed by atoms with van der Waals surface area (Å²) in [5.41, 5.74) is -0.419. The summed E-state index contributed by atoms with van der Waals surface area (Å²) in [4.78, 5) is 41.2. The molecule has 0 radical (unpaired) electrons. The Morgan fingerprint density at radius 2 is 1.26 bits per heavy atom. The number of benzene rings is 3. The van der Waals surface area contributed by atoms with Gasteiger partial charge >= 0.3 is 17.9 Å². The van der Waals surface area contributed by atoms with E-state index >= 15 is 4.39 Å². The second-order valence-corrected chi connectivity index (χ2v) is 16.3. The second-order valence-electron chi connectivity index (χ2n) is 13.2. The maximum Gasteiger partial charge on any atom is 0.338 e. The SMILES string of the molecule is C[C@@H]1/C=C\C[C@@H](F)CS[C@H]2O[C@H]([C@@H]1N[S@+]([O-])C(C)(C)C)[C@H](OC(=O)c1ccccc1)[C@H](OC(=O)c1ccccc1)[C@H]2OC(=O)c1ccccc1. The van der Waals surface area contributed by atoms with Crippen LogP contribution in [-0.2, 0) is 30.3 Å². The van der Waals surface area contributed by atoms with Gasteiger partial charge in [-0.25, -0.2) is 18.8 Å². The van der Waals surface area contributed by atoms with Crippen molar-refractivity contribution in [3.8, 4) is 0 Å². The van der Waals surface area contributed by atoms with Crippen molar-refractivity contribution >= 4 is 41.0 Å². The highest BCUT2D eigenvalue weighted by atomic mass is 32.2. The van der Waals surface area contributed by atoms with Gasteiger partial charge in [0.25, 0.3) is 0 Å². The molecule has 50 heavy (non-hydrogen) atoms. The number of hydrogen-bond donors (Lipinski definition) is 1.